The molecule has 1 heterocycles. The molecule has 1 aromatic rings. The summed E-state index contributed by atoms with van der Waals surface area (Å²) in [6.45, 7) is 4.10. The van der Waals surface area contributed by atoms with Crippen molar-refractivity contribution in [3.8, 4) is 0 Å². The van der Waals surface area contributed by atoms with Gasteiger partial charge in [0.05, 0.1) is 6.10 Å². The van der Waals surface area contributed by atoms with Gasteiger partial charge in [0.25, 0.3) is 0 Å². The van der Waals surface area contributed by atoms with Crippen LogP contribution in [-0.4, -0.2) is 11.9 Å². The first-order valence-corrected chi connectivity index (χ1v) is 7.21. The zero-order valence-electron chi connectivity index (χ0n) is 9.69. The van der Waals surface area contributed by atoms with Crippen LogP contribution in [0.2, 0.25) is 0 Å². The SMILES string of the molecule is [CH2]C1OC2(CCCC2)OC1c1ccccc1I. The Kier molecular flexibility index (Phi) is 3.17. The lowest BCUT2D eigenvalue weighted by atomic mass is 10.1. The molecule has 0 amide bonds. The van der Waals surface area contributed by atoms with Gasteiger partial charge in [-0.2, -0.15) is 0 Å². The summed E-state index contributed by atoms with van der Waals surface area (Å²) in [6, 6.07) is 8.31. The predicted octanol–water partition coefficient (Wildman–Crippen LogP) is 3.85. The molecule has 3 heteroatoms. The van der Waals surface area contributed by atoms with Crippen LogP contribution in [0.1, 0.15) is 37.4 Å². The van der Waals surface area contributed by atoms with E-state index in [4.69, 9.17) is 9.47 Å². The third-order valence-corrected chi connectivity index (χ3v) is 4.61. The van der Waals surface area contributed by atoms with Gasteiger partial charge >= 0.3 is 0 Å². The van der Waals surface area contributed by atoms with Crippen molar-refractivity contribution >= 4 is 22.6 Å². The van der Waals surface area contributed by atoms with Crippen LogP contribution >= 0.6 is 22.6 Å². The van der Waals surface area contributed by atoms with E-state index in [0.717, 1.165) is 12.8 Å². The minimum absolute atomic E-state index is 0.0128. The summed E-state index contributed by atoms with van der Waals surface area (Å²) >= 11 is 2.35. The van der Waals surface area contributed by atoms with Gasteiger partial charge in [-0.25, -0.2) is 0 Å². The molecule has 0 N–H and O–H groups in total. The van der Waals surface area contributed by atoms with Gasteiger partial charge in [0, 0.05) is 16.4 Å². The van der Waals surface area contributed by atoms with Crippen molar-refractivity contribution in [2.45, 2.75) is 43.7 Å². The van der Waals surface area contributed by atoms with E-state index in [1.807, 2.05) is 12.1 Å². The van der Waals surface area contributed by atoms with Crippen molar-refractivity contribution < 1.29 is 9.47 Å². The lowest BCUT2D eigenvalue weighted by Gasteiger charge is -2.22. The molecular formula is C14H16IO2. The molecule has 2 atom stereocenters. The molecule has 0 bridgehead atoms. The van der Waals surface area contributed by atoms with E-state index in [9.17, 15) is 0 Å². The standard InChI is InChI=1S/C14H16IO2/c1-10-13(11-6-2-3-7-12(11)15)17-14(16-10)8-4-5-9-14/h2-3,6-7,10,13H,1,4-5,8-9H2. The van der Waals surface area contributed by atoms with Gasteiger partial charge in [0.15, 0.2) is 5.79 Å². The molecule has 2 nitrogen and oxygen atoms in total. The number of benzene rings is 1. The van der Waals surface area contributed by atoms with Crippen molar-refractivity contribution in [2.24, 2.45) is 0 Å². The topological polar surface area (TPSA) is 18.5 Å². The molecule has 2 unspecified atom stereocenters. The smallest absolute Gasteiger partial charge is 0.169 e. The van der Waals surface area contributed by atoms with Crippen LogP contribution in [0, 0.1) is 10.5 Å². The van der Waals surface area contributed by atoms with Gasteiger partial charge in [0.2, 0.25) is 0 Å². The van der Waals surface area contributed by atoms with Gasteiger partial charge in [-0.1, -0.05) is 18.2 Å². The van der Waals surface area contributed by atoms with E-state index in [1.165, 1.54) is 22.0 Å². The first-order chi connectivity index (χ1) is 8.20. The van der Waals surface area contributed by atoms with Gasteiger partial charge in [-0.3, -0.25) is 0 Å². The fraction of sp³-hybridized carbons (Fsp3) is 0.500. The Morgan fingerprint density at radius 3 is 2.59 bits per heavy atom. The van der Waals surface area contributed by atoms with Crippen LogP contribution < -0.4 is 0 Å². The number of halogens is 1. The molecule has 1 aliphatic carbocycles. The fourth-order valence-electron chi connectivity index (χ4n) is 2.79. The van der Waals surface area contributed by atoms with Crippen LogP contribution in [0.25, 0.3) is 0 Å². The zero-order chi connectivity index (χ0) is 11.9. The minimum atomic E-state index is -0.337. The predicted molar refractivity (Wildman–Crippen MR) is 74.4 cm³/mol. The van der Waals surface area contributed by atoms with E-state index in [-0.39, 0.29) is 18.0 Å². The van der Waals surface area contributed by atoms with Crippen molar-refractivity contribution in [3.05, 3.63) is 40.3 Å². The number of rotatable bonds is 1. The third-order valence-electron chi connectivity index (χ3n) is 3.62. The molecule has 2 aliphatic rings. The van der Waals surface area contributed by atoms with Crippen molar-refractivity contribution in [1.82, 2.24) is 0 Å². The van der Waals surface area contributed by atoms with E-state index < -0.39 is 0 Å². The molecule has 91 valence electrons. The molecule has 1 radical (unpaired) electrons. The van der Waals surface area contributed by atoms with E-state index in [2.05, 4.69) is 41.6 Å². The quantitative estimate of drug-likeness (QED) is 0.721. The first-order valence-electron chi connectivity index (χ1n) is 6.13. The number of ether oxygens (including phenoxy) is 2. The second-order valence-electron chi connectivity index (χ2n) is 4.83. The van der Waals surface area contributed by atoms with Crippen molar-refractivity contribution in [2.75, 3.05) is 0 Å². The molecular weight excluding hydrogens is 327 g/mol. The molecule has 1 aliphatic heterocycles. The Labute approximate surface area is 116 Å². The van der Waals surface area contributed by atoms with Crippen LogP contribution in [0.15, 0.2) is 24.3 Å². The highest BCUT2D eigenvalue weighted by atomic mass is 127. The largest absolute Gasteiger partial charge is 0.344 e. The normalized spacial score (nSPS) is 31.2. The van der Waals surface area contributed by atoms with Gasteiger partial charge < -0.3 is 9.47 Å². The average Bonchev–Trinajstić information content (AvgIpc) is 2.88. The van der Waals surface area contributed by atoms with Gasteiger partial charge in [0.1, 0.15) is 6.10 Å². The van der Waals surface area contributed by atoms with E-state index in [0.29, 0.717) is 0 Å². The summed E-state index contributed by atoms with van der Waals surface area (Å²) in [7, 11) is 0. The Hall–Kier alpha value is -0.130. The second-order valence-corrected chi connectivity index (χ2v) is 6.00. The van der Waals surface area contributed by atoms with Crippen LogP contribution in [0.4, 0.5) is 0 Å². The van der Waals surface area contributed by atoms with Crippen LogP contribution in [0.5, 0.6) is 0 Å². The number of hydrogen-bond donors (Lipinski definition) is 0. The van der Waals surface area contributed by atoms with Crippen molar-refractivity contribution in [3.63, 3.8) is 0 Å². The summed E-state index contributed by atoms with van der Waals surface area (Å²) in [4.78, 5) is 0. The molecule has 1 aromatic carbocycles. The molecule has 1 saturated heterocycles. The fourth-order valence-corrected chi connectivity index (χ4v) is 3.49. The Morgan fingerprint density at radius 2 is 1.88 bits per heavy atom. The summed E-state index contributed by atoms with van der Waals surface area (Å²) in [5.41, 5.74) is 1.21. The van der Waals surface area contributed by atoms with Crippen LogP contribution in [0.3, 0.4) is 0 Å². The lowest BCUT2D eigenvalue weighted by Crippen LogP contribution is -2.26. The lowest BCUT2D eigenvalue weighted by molar-refractivity contribution is -0.167. The highest BCUT2D eigenvalue weighted by Crippen LogP contribution is 2.47. The van der Waals surface area contributed by atoms with Gasteiger partial charge in [-0.05, 0) is 54.0 Å². The van der Waals surface area contributed by atoms with Crippen molar-refractivity contribution in [1.29, 1.82) is 0 Å². The molecule has 1 spiro atoms. The zero-order valence-corrected chi connectivity index (χ0v) is 11.9. The number of hydrogen-bond acceptors (Lipinski definition) is 2. The summed E-state index contributed by atoms with van der Waals surface area (Å²) in [6.07, 6.45) is 4.32. The molecule has 3 rings (SSSR count). The third kappa shape index (κ3) is 2.13. The highest BCUT2D eigenvalue weighted by Gasteiger charge is 2.48. The monoisotopic (exact) mass is 343 g/mol. The Morgan fingerprint density at radius 1 is 1.18 bits per heavy atom. The highest BCUT2D eigenvalue weighted by molar-refractivity contribution is 14.1. The molecule has 2 fully saturated rings. The minimum Gasteiger partial charge on any atom is -0.344 e. The van der Waals surface area contributed by atoms with Crippen LogP contribution in [-0.2, 0) is 9.47 Å². The van der Waals surface area contributed by atoms with Gasteiger partial charge in [-0.15, -0.1) is 0 Å². The molecule has 17 heavy (non-hydrogen) atoms. The Bertz CT molecular complexity index is 412. The average molecular weight is 343 g/mol. The Balaban J connectivity index is 1.87. The maximum atomic E-state index is 6.20. The second kappa shape index (κ2) is 4.52. The van der Waals surface area contributed by atoms with E-state index in [1.54, 1.807) is 0 Å². The maximum Gasteiger partial charge on any atom is 0.169 e. The summed E-state index contributed by atoms with van der Waals surface area (Å²) in [5, 5.41) is 0. The molecule has 0 aromatic heterocycles. The molecule has 1 saturated carbocycles. The maximum absolute atomic E-state index is 6.20. The summed E-state index contributed by atoms with van der Waals surface area (Å²) < 4.78 is 13.4. The first kappa shape index (κ1) is 11.9. The van der Waals surface area contributed by atoms with E-state index >= 15 is 0 Å². The summed E-state index contributed by atoms with van der Waals surface area (Å²) in [5.74, 6) is -0.337.